The molecule has 1 N–H and O–H groups in total. The normalized spacial score (nSPS) is 11.8. The van der Waals surface area contributed by atoms with E-state index in [1.807, 2.05) is 30.5 Å². The van der Waals surface area contributed by atoms with Crippen LogP contribution in [-0.4, -0.2) is 38.5 Å². The molecule has 0 spiro atoms. The molecule has 140 valence electrons. The molecule has 26 heavy (non-hydrogen) atoms. The summed E-state index contributed by atoms with van der Waals surface area (Å²) in [5.41, 5.74) is 1.82. The number of nitrogens with zero attached hydrogens (tertiary/aromatic N) is 1. The highest BCUT2D eigenvalue weighted by molar-refractivity contribution is 7.98. The lowest BCUT2D eigenvalue weighted by Gasteiger charge is -2.17. The Morgan fingerprint density at radius 2 is 1.65 bits per heavy atom. The Morgan fingerprint density at radius 3 is 2.15 bits per heavy atom. The zero-order valence-electron chi connectivity index (χ0n) is 15.4. The smallest absolute Gasteiger partial charge is 0.243 e. The minimum absolute atomic E-state index is 0.173. The molecule has 0 aliphatic carbocycles. The second-order valence-corrected chi connectivity index (χ2v) is 9.19. The fourth-order valence-electron chi connectivity index (χ4n) is 2.37. The van der Waals surface area contributed by atoms with E-state index in [4.69, 9.17) is 0 Å². The maximum Gasteiger partial charge on any atom is 0.243 e. The van der Waals surface area contributed by atoms with Crippen molar-refractivity contribution in [2.24, 2.45) is 0 Å². The van der Waals surface area contributed by atoms with E-state index in [0.29, 0.717) is 11.6 Å². The van der Waals surface area contributed by atoms with Gasteiger partial charge < -0.3 is 5.32 Å². The number of carbonyl (C=O) groups excluding carboxylic acids is 1. The van der Waals surface area contributed by atoms with Crippen LogP contribution in [0.3, 0.4) is 0 Å². The van der Waals surface area contributed by atoms with E-state index >= 15 is 0 Å². The number of rotatable bonds is 7. The van der Waals surface area contributed by atoms with Gasteiger partial charge in [0.25, 0.3) is 0 Å². The molecule has 0 unspecified atom stereocenters. The molecule has 0 atom stereocenters. The van der Waals surface area contributed by atoms with Crippen LogP contribution in [0.5, 0.6) is 0 Å². The number of anilines is 1. The molecular formula is C19H24N2O3S2. The van der Waals surface area contributed by atoms with Crippen molar-refractivity contribution < 1.29 is 13.2 Å². The summed E-state index contributed by atoms with van der Waals surface area (Å²) in [5, 5.41) is 2.73. The first-order valence-corrected chi connectivity index (χ1v) is 10.9. The Morgan fingerprint density at radius 1 is 1.08 bits per heavy atom. The summed E-state index contributed by atoms with van der Waals surface area (Å²) in [7, 11) is -2.30. The zero-order valence-corrected chi connectivity index (χ0v) is 17.0. The molecule has 0 saturated heterocycles. The van der Waals surface area contributed by atoms with Crippen molar-refractivity contribution in [3.8, 4) is 0 Å². The molecule has 0 fully saturated rings. The first kappa shape index (κ1) is 20.5. The Labute approximate surface area is 159 Å². The van der Waals surface area contributed by atoms with Gasteiger partial charge in [-0.15, -0.1) is 11.8 Å². The monoisotopic (exact) mass is 392 g/mol. The minimum atomic E-state index is -3.71. The fourth-order valence-corrected chi connectivity index (χ4v) is 3.90. The van der Waals surface area contributed by atoms with Crippen LogP contribution in [0.4, 0.5) is 5.69 Å². The van der Waals surface area contributed by atoms with Crippen molar-refractivity contribution in [3.63, 3.8) is 0 Å². The maximum absolute atomic E-state index is 12.6. The number of hydrogen-bond acceptors (Lipinski definition) is 4. The summed E-state index contributed by atoms with van der Waals surface area (Å²) in [6.07, 6.45) is 1.92. The lowest BCUT2D eigenvalue weighted by Crippen LogP contribution is -2.34. The molecule has 1 amide bonds. The molecule has 0 bridgehead atoms. The number of carbonyl (C=O) groups is 1. The fraction of sp³-hybridized carbons (Fsp3) is 0.316. The van der Waals surface area contributed by atoms with Crippen molar-refractivity contribution in [2.75, 3.05) is 25.2 Å². The van der Waals surface area contributed by atoms with E-state index in [1.54, 1.807) is 24.3 Å². The summed E-state index contributed by atoms with van der Waals surface area (Å²) in [6, 6.07) is 14.2. The van der Waals surface area contributed by atoms with E-state index in [1.165, 1.54) is 24.4 Å². The molecule has 0 aliphatic heterocycles. The Bertz CT molecular complexity index is 845. The minimum Gasteiger partial charge on any atom is -0.325 e. The van der Waals surface area contributed by atoms with Crippen molar-refractivity contribution in [1.29, 1.82) is 0 Å². The van der Waals surface area contributed by atoms with Crippen LogP contribution >= 0.6 is 11.8 Å². The van der Waals surface area contributed by atoms with Gasteiger partial charge >= 0.3 is 0 Å². The lowest BCUT2D eigenvalue weighted by molar-refractivity contribution is -0.116. The highest BCUT2D eigenvalue weighted by Gasteiger charge is 2.23. The summed E-state index contributed by atoms with van der Waals surface area (Å²) in [4.78, 5) is 13.4. The third-order valence-electron chi connectivity index (χ3n) is 3.99. The molecule has 7 heteroatoms. The van der Waals surface area contributed by atoms with Gasteiger partial charge in [0.15, 0.2) is 0 Å². The molecule has 0 radical (unpaired) electrons. The molecular weight excluding hydrogens is 368 g/mol. The summed E-state index contributed by atoms with van der Waals surface area (Å²) >= 11 is 1.54. The van der Waals surface area contributed by atoms with E-state index in [2.05, 4.69) is 19.2 Å². The van der Waals surface area contributed by atoms with Crippen molar-refractivity contribution in [1.82, 2.24) is 4.31 Å². The molecule has 2 rings (SSSR count). The van der Waals surface area contributed by atoms with Crippen LogP contribution in [0.1, 0.15) is 25.3 Å². The van der Waals surface area contributed by atoms with Gasteiger partial charge in [0.2, 0.25) is 15.9 Å². The Balaban J connectivity index is 2.02. The number of thioether (sulfide) groups is 1. The Hall–Kier alpha value is -1.83. The van der Waals surface area contributed by atoms with E-state index in [-0.39, 0.29) is 17.3 Å². The standard InChI is InChI=1S/C19H24N2O3S2/c1-14(2)15-5-7-16(8-6-15)20-19(22)13-21(3)26(23,24)18-11-9-17(25-4)10-12-18/h5-12,14H,13H2,1-4H3,(H,20,22). The molecule has 0 aliphatic rings. The summed E-state index contributed by atoms with van der Waals surface area (Å²) in [5.74, 6) is 0.0302. The van der Waals surface area contributed by atoms with Crippen LogP contribution in [0.25, 0.3) is 0 Å². The average molecular weight is 393 g/mol. The van der Waals surface area contributed by atoms with Gasteiger partial charge in [-0.1, -0.05) is 26.0 Å². The van der Waals surface area contributed by atoms with Crippen molar-refractivity contribution in [2.45, 2.75) is 29.6 Å². The van der Waals surface area contributed by atoms with E-state index in [0.717, 1.165) is 9.20 Å². The second kappa shape index (κ2) is 8.70. The van der Waals surface area contributed by atoms with E-state index in [9.17, 15) is 13.2 Å². The second-order valence-electron chi connectivity index (χ2n) is 6.26. The topological polar surface area (TPSA) is 66.5 Å². The highest BCUT2D eigenvalue weighted by Crippen LogP contribution is 2.20. The molecule has 2 aromatic rings. The molecule has 5 nitrogen and oxygen atoms in total. The van der Waals surface area contributed by atoms with Gasteiger partial charge in [0.05, 0.1) is 11.4 Å². The maximum atomic E-state index is 12.6. The van der Waals surface area contributed by atoms with Crippen LogP contribution < -0.4 is 5.32 Å². The van der Waals surface area contributed by atoms with E-state index < -0.39 is 10.0 Å². The third-order valence-corrected chi connectivity index (χ3v) is 6.56. The third kappa shape index (κ3) is 5.09. The summed E-state index contributed by atoms with van der Waals surface area (Å²) < 4.78 is 26.2. The lowest BCUT2D eigenvalue weighted by atomic mass is 10.0. The Kier molecular flexibility index (Phi) is 6.86. The number of benzene rings is 2. The first-order chi connectivity index (χ1) is 12.2. The highest BCUT2D eigenvalue weighted by atomic mass is 32.2. The zero-order chi connectivity index (χ0) is 19.3. The molecule has 0 aromatic heterocycles. The van der Waals surface area contributed by atoms with Crippen molar-refractivity contribution >= 4 is 33.4 Å². The van der Waals surface area contributed by atoms with Gasteiger partial charge in [0.1, 0.15) is 0 Å². The SMILES string of the molecule is CSc1ccc(S(=O)(=O)N(C)CC(=O)Nc2ccc(C(C)C)cc2)cc1. The van der Waals surface area contributed by atoms with Gasteiger partial charge in [-0.3, -0.25) is 4.79 Å². The quantitative estimate of drug-likeness (QED) is 0.728. The number of sulfonamides is 1. The number of amides is 1. The van der Waals surface area contributed by atoms with Crippen LogP contribution in [0.15, 0.2) is 58.3 Å². The number of likely N-dealkylation sites (N-methyl/N-ethyl adjacent to an activating group) is 1. The number of hydrogen-bond donors (Lipinski definition) is 1. The predicted molar refractivity (Wildman–Crippen MR) is 107 cm³/mol. The molecule has 0 saturated carbocycles. The molecule has 0 heterocycles. The van der Waals surface area contributed by atoms with Crippen LogP contribution in [0, 0.1) is 0 Å². The van der Waals surface area contributed by atoms with Gasteiger partial charge in [-0.2, -0.15) is 4.31 Å². The largest absolute Gasteiger partial charge is 0.325 e. The van der Waals surface area contributed by atoms with Gasteiger partial charge in [-0.25, -0.2) is 8.42 Å². The first-order valence-electron chi connectivity index (χ1n) is 8.24. The average Bonchev–Trinajstić information content (AvgIpc) is 2.62. The van der Waals surface area contributed by atoms with Crippen molar-refractivity contribution in [3.05, 3.63) is 54.1 Å². The van der Waals surface area contributed by atoms with Crippen LogP contribution in [0.2, 0.25) is 0 Å². The number of nitrogens with one attached hydrogen (secondary N) is 1. The summed E-state index contributed by atoms with van der Waals surface area (Å²) in [6.45, 7) is 3.94. The predicted octanol–water partition coefficient (Wildman–Crippen LogP) is 3.79. The van der Waals surface area contributed by atoms with Gasteiger partial charge in [-0.05, 0) is 54.1 Å². The van der Waals surface area contributed by atoms with Gasteiger partial charge in [0, 0.05) is 17.6 Å². The van der Waals surface area contributed by atoms with Crippen LogP contribution in [-0.2, 0) is 14.8 Å². The molecule has 2 aromatic carbocycles.